The van der Waals surface area contributed by atoms with Gasteiger partial charge < -0.3 is 17.7 Å². The van der Waals surface area contributed by atoms with Gasteiger partial charge in [0.2, 0.25) is 0 Å². The molecule has 0 aromatic rings. The first kappa shape index (κ1) is 17.8. The minimum absolute atomic E-state index is 0.610. The summed E-state index contributed by atoms with van der Waals surface area (Å²) in [6.07, 6.45) is 0. The first-order valence-electron chi connectivity index (χ1n) is 6.55. The van der Waals surface area contributed by atoms with Crippen molar-refractivity contribution in [2.75, 3.05) is 26.4 Å². The van der Waals surface area contributed by atoms with Crippen LogP contribution in [0.5, 0.6) is 0 Å². The quantitative estimate of drug-likeness (QED) is 0.508. The monoisotopic (exact) mass is 290 g/mol. The van der Waals surface area contributed by atoms with Gasteiger partial charge >= 0.3 is 17.1 Å². The highest BCUT2D eigenvalue weighted by Gasteiger charge is 2.33. The van der Waals surface area contributed by atoms with E-state index in [-0.39, 0.29) is 0 Å². The van der Waals surface area contributed by atoms with Gasteiger partial charge in [-0.1, -0.05) is 11.1 Å². The fourth-order valence-corrected chi connectivity index (χ4v) is 6.03. The van der Waals surface area contributed by atoms with Crippen LogP contribution >= 0.6 is 0 Å². The molecule has 0 fully saturated rings. The maximum Gasteiger partial charge on any atom is 0.420 e. The molecule has 0 spiro atoms. The van der Waals surface area contributed by atoms with Crippen molar-refractivity contribution >= 4 is 17.1 Å². The molecule has 18 heavy (non-hydrogen) atoms. The van der Waals surface area contributed by atoms with Gasteiger partial charge in [-0.15, -0.1) is 0 Å². The Balaban J connectivity index is 4.91. The second-order valence-electron chi connectivity index (χ2n) is 3.87. The summed E-state index contributed by atoms with van der Waals surface area (Å²) in [6, 6.07) is 0. The van der Waals surface area contributed by atoms with E-state index in [9.17, 15) is 0 Å². The molecule has 0 saturated heterocycles. The lowest BCUT2D eigenvalue weighted by atomic mass is 10.9. The predicted octanol–water partition coefficient (Wildman–Crippen LogP) is 2.36. The van der Waals surface area contributed by atoms with Crippen LogP contribution in [0, 0.1) is 11.1 Å². The van der Waals surface area contributed by atoms with Gasteiger partial charge in [-0.3, -0.25) is 0 Å². The van der Waals surface area contributed by atoms with Crippen molar-refractivity contribution in [3.8, 4) is 11.1 Å². The minimum atomic E-state index is -2.40. The molecule has 0 aromatic carbocycles. The van der Waals surface area contributed by atoms with Gasteiger partial charge in [0, 0.05) is 26.4 Å². The second-order valence-corrected chi connectivity index (χ2v) is 9.31. The Morgan fingerprint density at radius 1 is 0.611 bits per heavy atom. The molecule has 106 valence electrons. The third-order valence-corrected chi connectivity index (χ3v) is 6.96. The molecule has 0 heterocycles. The van der Waals surface area contributed by atoms with Crippen LogP contribution in [0.2, 0.25) is 13.1 Å². The Morgan fingerprint density at radius 2 is 0.833 bits per heavy atom. The summed E-state index contributed by atoms with van der Waals surface area (Å²) in [5.74, 6) is 0. The molecule has 0 bridgehead atoms. The summed E-state index contributed by atoms with van der Waals surface area (Å²) in [7, 11) is -4.81. The standard InChI is InChI=1S/C12H26O4Si2/c1-7-13-17(5,14-8-2)11-12-18(6,15-9-3)16-10-4/h7-10H2,1-6H3. The number of hydrogen-bond acceptors (Lipinski definition) is 4. The van der Waals surface area contributed by atoms with Crippen LogP contribution in [0.4, 0.5) is 0 Å². The van der Waals surface area contributed by atoms with Gasteiger partial charge in [-0.05, 0) is 40.8 Å². The summed E-state index contributed by atoms with van der Waals surface area (Å²) in [6.45, 7) is 14.2. The van der Waals surface area contributed by atoms with E-state index < -0.39 is 17.1 Å². The first-order chi connectivity index (χ1) is 8.45. The summed E-state index contributed by atoms with van der Waals surface area (Å²) < 4.78 is 22.7. The first-order valence-corrected chi connectivity index (χ1v) is 11.2. The topological polar surface area (TPSA) is 36.9 Å². The van der Waals surface area contributed by atoms with Gasteiger partial charge in [0.15, 0.2) is 0 Å². The Labute approximate surface area is 113 Å². The molecule has 0 N–H and O–H groups in total. The molecule has 6 heteroatoms. The van der Waals surface area contributed by atoms with Gasteiger partial charge in [0.05, 0.1) is 0 Å². The molecular formula is C12H26O4Si2. The fraction of sp³-hybridized carbons (Fsp3) is 0.833. The Morgan fingerprint density at radius 3 is 1.00 bits per heavy atom. The lowest BCUT2D eigenvalue weighted by molar-refractivity contribution is 0.200. The van der Waals surface area contributed by atoms with Crippen molar-refractivity contribution < 1.29 is 17.7 Å². The van der Waals surface area contributed by atoms with Crippen LogP contribution in [-0.4, -0.2) is 43.5 Å². The molecule has 0 aliphatic heterocycles. The van der Waals surface area contributed by atoms with E-state index in [2.05, 4.69) is 11.1 Å². The van der Waals surface area contributed by atoms with E-state index in [0.29, 0.717) is 26.4 Å². The predicted molar refractivity (Wildman–Crippen MR) is 77.5 cm³/mol. The molecule has 0 amide bonds. The zero-order valence-corrected chi connectivity index (χ0v) is 14.5. The molecule has 0 rings (SSSR count). The van der Waals surface area contributed by atoms with E-state index >= 15 is 0 Å². The van der Waals surface area contributed by atoms with Crippen molar-refractivity contribution in [2.24, 2.45) is 0 Å². The largest absolute Gasteiger partial charge is 0.420 e. The van der Waals surface area contributed by atoms with Crippen LogP contribution in [0.1, 0.15) is 27.7 Å². The molecule has 0 unspecified atom stereocenters. The van der Waals surface area contributed by atoms with Crippen molar-refractivity contribution in [1.82, 2.24) is 0 Å². The maximum absolute atomic E-state index is 5.68. The van der Waals surface area contributed by atoms with Gasteiger partial charge in [0.25, 0.3) is 0 Å². The smallest absolute Gasteiger partial charge is 0.386 e. The summed E-state index contributed by atoms with van der Waals surface area (Å²) in [5, 5.41) is 0. The molecule has 0 radical (unpaired) electrons. The molecule has 0 aliphatic carbocycles. The minimum Gasteiger partial charge on any atom is -0.386 e. The molecule has 0 aliphatic rings. The van der Waals surface area contributed by atoms with Crippen LogP contribution < -0.4 is 0 Å². The number of rotatable bonds is 8. The molecular weight excluding hydrogens is 264 g/mol. The van der Waals surface area contributed by atoms with Crippen LogP contribution in [-0.2, 0) is 17.7 Å². The Hall–Kier alpha value is -0.166. The third kappa shape index (κ3) is 6.68. The van der Waals surface area contributed by atoms with Crippen molar-refractivity contribution in [3.05, 3.63) is 0 Å². The maximum atomic E-state index is 5.68. The van der Waals surface area contributed by atoms with E-state index in [0.717, 1.165) is 0 Å². The van der Waals surface area contributed by atoms with Crippen LogP contribution in [0.3, 0.4) is 0 Å². The summed E-state index contributed by atoms with van der Waals surface area (Å²) in [4.78, 5) is 0. The Bertz CT molecular complexity index is 248. The zero-order valence-electron chi connectivity index (χ0n) is 12.5. The molecule has 0 atom stereocenters. The van der Waals surface area contributed by atoms with Gasteiger partial charge in [-0.2, -0.15) is 0 Å². The summed E-state index contributed by atoms with van der Waals surface area (Å²) >= 11 is 0. The van der Waals surface area contributed by atoms with Crippen molar-refractivity contribution in [1.29, 1.82) is 0 Å². The normalized spacial score (nSPS) is 12.1. The molecule has 4 nitrogen and oxygen atoms in total. The van der Waals surface area contributed by atoms with E-state index in [4.69, 9.17) is 17.7 Å². The SMILES string of the molecule is CCO[Si](C)(C#C[Si](C)(OCC)OCC)OCC. The highest BCUT2D eigenvalue weighted by atomic mass is 28.4. The highest BCUT2D eigenvalue weighted by Crippen LogP contribution is 2.09. The van der Waals surface area contributed by atoms with Crippen molar-refractivity contribution in [3.63, 3.8) is 0 Å². The van der Waals surface area contributed by atoms with Crippen molar-refractivity contribution in [2.45, 2.75) is 40.8 Å². The van der Waals surface area contributed by atoms with E-state index in [1.807, 2.05) is 40.8 Å². The average Bonchev–Trinajstić information content (AvgIpc) is 2.28. The molecule has 0 aromatic heterocycles. The third-order valence-electron chi connectivity index (χ3n) is 2.20. The average molecular weight is 291 g/mol. The highest BCUT2D eigenvalue weighted by molar-refractivity contribution is 6.80. The fourth-order valence-electron chi connectivity index (χ4n) is 1.56. The summed E-state index contributed by atoms with van der Waals surface area (Å²) in [5.41, 5.74) is 6.33. The van der Waals surface area contributed by atoms with Gasteiger partial charge in [-0.25, -0.2) is 0 Å². The second kappa shape index (κ2) is 8.85. The zero-order chi connectivity index (χ0) is 14.1. The molecule has 0 saturated carbocycles. The van der Waals surface area contributed by atoms with Crippen LogP contribution in [0.25, 0.3) is 0 Å². The Kier molecular flexibility index (Phi) is 8.77. The lowest BCUT2D eigenvalue weighted by Gasteiger charge is -2.22. The number of hydrogen-bond donors (Lipinski definition) is 0. The van der Waals surface area contributed by atoms with Crippen LogP contribution in [0.15, 0.2) is 0 Å². The van der Waals surface area contributed by atoms with E-state index in [1.165, 1.54) is 0 Å². The van der Waals surface area contributed by atoms with Gasteiger partial charge in [0.1, 0.15) is 0 Å². The lowest BCUT2D eigenvalue weighted by Crippen LogP contribution is -2.41. The van der Waals surface area contributed by atoms with E-state index in [1.54, 1.807) is 0 Å².